The van der Waals surface area contributed by atoms with Crippen molar-refractivity contribution in [2.75, 3.05) is 0 Å². The van der Waals surface area contributed by atoms with Crippen molar-refractivity contribution in [2.45, 2.75) is 56.5 Å². The number of β-lactam (4-membered cyclic amide) rings is 1. The van der Waals surface area contributed by atoms with Crippen LogP contribution in [0.2, 0.25) is 0 Å². The number of carbonyl (C=O) groups is 2. The van der Waals surface area contributed by atoms with Gasteiger partial charge in [-0.05, 0) is 38.5 Å². The zero-order valence-electron chi connectivity index (χ0n) is 17.6. The number of non-ortho nitro benzene ring substituents is 1. The molecule has 1 amide bonds. The average molecular weight is 463 g/mol. The summed E-state index contributed by atoms with van der Waals surface area (Å²) in [7, 11) is -3.92. The van der Waals surface area contributed by atoms with Gasteiger partial charge < -0.3 is 9.64 Å². The van der Waals surface area contributed by atoms with Crippen molar-refractivity contribution in [3.05, 3.63) is 51.3 Å². The van der Waals surface area contributed by atoms with Gasteiger partial charge in [0.15, 0.2) is 15.9 Å². The molecule has 0 spiro atoms. The quantitative estimate of drug-likeness (QED) is 0.260. The van der Waals surface area contributed by atoms with Gasteiger partial charge in [-0.1, -0.05) is 5.21 Å². The molecule has 0 unspecified atom stereocenters. The Hall–Kier alpha value is -3.35. The van der Waals surface area contributed by atoms with Crippen LogP contribution in [0.3, 0.4) is 0 Å². The molecule has 2 aromatic rings. The number of aryl methyl sites for hydroxylation is 1. The Morgan fingerprint density at radius 1 is 1.31 bits per heavy atom. The van der Waals surface area contributed by atoms with E-state index >= 15 is 0 Å². The highest BCUT2D eigenvalue weighted by molar-refractivity contribution is 7.93. The van der Waals surface area contributed by atoms with Gasteiger partial charge in [0, 0.05) is 12.1 Å². The van der Waals surface area contributed by atoms with Crippen LogP contribution >= 0.6 is 0 Å². The van der Waals surface area contributed by atoms with Crippen LogP contribution in [0.25, 0.3) is 0 Å². The van der Waals surface area contributed by atoms with E-state index in [1.165, 1.54) is 35.9 Å². The summed E-state index contributed by atoms with van der Waals surface area (Å²) in [5, 5.41) is 17.6. The highest BCUT2D eigenvalue weighted by Crippen LogP contribution is 2.47. The molecule has 1 aromatic heterocycles. The number of benzene rings is 1. The molecule has 2 aliphatic rings. The molecule has 12 nitrogen and oxygen atoms in total. The molecule has 0 bridgehead atoms. The monoisotopic (exact) mass is 463 g/mol. The predicted molar refractivity (Wildman–Crippen MR) is 109 cm³/mol. The number of rotatable bonds is 6. The van der Waals surface area contributed by atoms with E-state index in [-0.39, 0.29) is 25.3 Å². The SMILES string of the molecule is Cc1nnn(C[C@@]2(C)[C@H](C(=O)OCc3ccc([N+](=O)[O-])cc3)N3C(=O)C[C@@H]3S2(=O)=O)c1C. The predicted octanol–water partition coefficient (Wildman–Crippen LogP) is 0.661. The molecule has 2 saturated heterocycles. The maximum Gasteiger partial charge on any atom is 0.330 e. The van der Waals surface area contributed by atoms with Crippen molar-refractivity contribution in [2.24, 2.45) is 0 Å². The zero-order valence-corrected chi connectivity index (χ0v) is 18.4. The molecule has 0 aliphatic carbocycles. The molecule has 0 saturated carbocycles. The van der Waals surface area contributed by atoms with E-state index in [1.54, 1.807) is 13.8 Å². The van der Waals surface area contributed by atoms with Gasteiger partial charge in [-0.2, -0.15) is 0 Å². The van der Waals surface area contributed by atoms with Gasteiger partial charge in [0.25, 0.3) is 5.69 Å². The van der Waals surface area contributed by atoms with E-state index in [1.807, 2.05) is 0 Å². The number of hydrogen-bond acceptors (Lipinski definition) is 9. The Morgan fingerprint density at radius 3 is 2.50 bits per heavy atom. The number of nitro groups is 1. The van der Waals surface area contributed by atoms with Crippen molar-refractivity contribution in [1.82, 2.24) is 19.9 Å². The van der Waals surface area contributed by atoms with Crippen LogP contribution in [0.1, 0.15) is 30.3 Å². The maximum atomic E-state index is 13.3. The van der Waals surface area contributed by atoms with Gasteiger partial charge in [0.2, 0.25) is 5.91 Å². The fraction of sp³-hybridized carbons (Fsp3) is 0.474. The number of sulfone groups is 1. The number of nitrogens with zero attached hydrogens (tertiary/aromatic N) is 5. The van der Waals surface area contributed by atoms with Crippen molar-refractivity contribution < 1.29 is 27.7 Å². The smallest absolute Gasteiger partial charge is 0.330 e. The van der Waals surface area contributed by atoms with E-state index < -0.39 is 42.8 Å². The number of ether oxygens (including phenoxy) is 1. The summed E-state index contributed by atoms with van der Waals surface area (Å²) in [6, 6.07) is 4.08. The lowest BCUT2D eigenvalue weighted by molar-refractivity contribution is -0.384. The Kier molecular flexibility index (Phi) is 5.03. The van der Waals surface area contributed by atoms with E-state index in [9.17, 15) is 28.1 Å². The second kappa shape index (κ2) is 7.36. The number of nitro benzene ring substituents is 1. The molecular weight excluding hydrogens is 442 g/mol. The van der Waals surface area contributed by atoms with Crippen LogP contribution in [-0.2, 0) is 37.3 Å². The molecule has 3 atom stereocenters. The van der Waals surface area contributed by atoms with E-state index in [0.29, 0.717) is 17.0 Å². The Balaban J connectivity index is 1.61. The first-order chi connectivity index (χ1) is 15.0. The van der Waals surface area contributed by atoms with Crippen LogP contribution in [0, 0.1) is 24.0 Å². The van der Waals surface area contributed by atoms with Gasteiger partial charge in [-0.25, -0.2) is 17.9 Å². The summed E-state index contributed by atoms with van der Waals surface area (Å²) in [5.74, 6) is -1.30. The maximum absolute atomic E-state index is 13.3. The lowest BCUT2D eigenvalue weighted by Crippen LogP contribution is -2.58. The largest absolute Gasteiger partial charge is 0.459 e. The Bertz CT molecular complexity index is 1220. The summed E-state index contributed by atoms with van der Waals surface area (Å²) >= 11 is 0. The fourth-order valence-corrected chi connectivity index (χ4v) is 6.46. The van der Waals surface area contributed by atoms with Gasteiger partial charge in [-0.15, -0.1) is 5.10 Å². The van der Waals surface area contributed by atoms with E-state index in [2.05, 4.69) is 10.3 Å². The molecule has 2 fully saturated rings. The van der Waals surface area contributed by atoms with Crippen molar-refractivity contribution >= 4 is 27.4 Å². The molecule has 1 aromatic carbocycles. The molecular formula is C19H21N5O7S. The summed E-state index contributed by atoms with van der Waals surface area (Å²) in [6.45, 7) is 4.50. The number of carbonyl (C=O) groups excluding carboxylic acids is 2. The second-order valence-electron chi connectivity index (χ2n) is 8.17. The highest BCUT2D eigenvalue weighted by Gasteiger charge is 2.70. The standard InChI is InChI=1S/C19H21N5O7S/c1-11-12(2)22(21-20-11)10-19(3)17(23-15(25)8-16(23)32(19,29)30)18(26)31-9-13-4-6-14(7-5-13)24(27)28/h4-7,16-17H,8-10H2,1-3H3/t16-,17-,19-/m0/s1. The van der Waals surface area contributed by atoms with Gasteiger partial charge in [-0.3, -0.25) is 14.9 Å². The molecule has 170 valence electrons. The number of hydrogen-bond donors (Lipinski definition) is 0. The van der Waals surface area contributed by atoms with Crippen LogP contribution < -0.4 is 0 Å². The molecule has 3 heterocycles. The summed E-state index contributed by atoms with van der Waals surface area (Å²) < 4.78 is 31.7. The highest BCUT2D eigenvalue weighted by atomic mass is 32.2. The van der Waals surface area contributed by atoms with Crippen molar-refractivity contribution in [1.29, 1.82) is 0 Å². The van der Waals surface area contributed by atoms with Crippen LogP contribution in [-0.4, -0.2) is 61.3 Å². The third-order valence-corrected chi connectivity index (χ3v) is 9.00. The Morgan fingerprint density at radius 2 is 1.97 bits per heavy atom. The minimum absolute atomic E-state index is 0.109. The minimum atomic E-state index is -3.92. The third-order valence-electron chi connectivity index (χ3n) is 6.24. The number of fused-ring (bicyclic) bond motifs is 1. The van der Waals surface area contributed by atoms with Crippen molar-refractivity contribution in [3.8, 4) is 0 Å². The van der Waals surface area contributed by atoms with E-state index in [0.717, 1.165) is 4.90 Å². The fourth-order valence-electron chi connectivity index (χ4n) is 4.11. The summed E-state index contributed by atoms with van der Waals surface area (Å²) in [6.07, 6.45) is -0.181. The number of aromatic nitrogens is 3. The molecule has 2 aliphatic heterocycles. The lowest BCUT2D eigenvalue weighted by atomic mass is 9.96. The topological polar surface area (TPSA) is 155 Å². The first-order valence-electron chi connectivity index (χ1n) is 9.78. The summed E-state index contributed by atoms with van der Waals surface area (Å²) in [5.41, 5.74) is 1.66. The second-order valence-corrected chi connectivity index (χ2v) is 10.7. The summed E-state index contributed by atoms with van der Waals surface area (Å²) in [4.78, 5) is 36.6. The molecule has 0 N–H and O–H groups in total. The number of amides is 1. The Labute approximate surface area is 183 Å². The lowest BCUT2D eigenvalue weighted by Gasteiger charge is -2.36. The minimum Gasteiger partial charge on any atom is -0.459 e. The van der Waals surface area contributed by atoms with Gasteiger partial charge in [0.05, 0.1) is 29.3 Å². The average Bonchev–Trinajstić information content (AvgIpc) is 3.11. The zero-order chi connectivity index (χ0) is 23.4. The number of esters is 1. The van der Waals surface area contributed by atoms with Crippen LogP contribution in [0.5, 0.6) is 0 Å². The molecule has 13 heteroatoms. The van der Waals surface area contributed by atoms with Crippen LogP contribution in [0.4, 0.5) is 5.69 Å². The molecule has 4 rings (SSSR count). The molecule has 32 heavy (non-hydrogen) atoms. The first kappa shape index (κ1) is 21.9. The van der Waals surface area contributed by atoms with Gasteiger partial charge >= 0.3 is 5.97 Å². The van der Waals surface area contributed by atoms with Crippen LogP contribution in [0.15, 0.2) is 24.3 Å². The molecule has 0 radical (unpaired) electrons. The van der Waals surface area contributed by atoms with Gasteiger partial charge in [0.1, 0.15) is 16.7 Å². The van der Waals surface area contributed by atoms with Crippen molar-refractivity contribution in [3.63, 3.8) is 0 Å². The van der Waals surface area contributed by atoms with E-state index in [4.69, 9.17) is 4.74 Å². The first-order valence-corrected chi connectivity index (χ1v) is 11.3. The normalized spacial score (nSPS) is 25.8. The third kappa shape index (κ3) is 3.15.